The van der Waals surface area contributed by atoms with Crippen LogP contribution in [0.1, 0.15) is 29.0 Å². The number of hydrogen-bond acceptors (Lipinski definition) is 6. The van der Waals surface area contributed by atoms with Gasteiger partial charge < -0.3 is 19.7 Å². The minimum Gasteiger partial charge on any atom is -0.454 e. The molecule has 24 heavy (non-hydrogen) atoms. The quantitative estimate of drug-likeness (QED) is 0.918. The number of aryl methyl sites for hydroxylation is 1. The van der Waals surface area contributed by atoms with Crippen LogP contribution < -0.4 is 14.8 Å². The van der Waals surface area contributed by atoms with Crippen molar-refractivity contribution >= 4 is 5.96 Å². The molecule has 1 fully saturated rings. The first kappa shape index (κ1) is 13.7. The third kappa shape index (κ3) is 2.02. The molecule has 2 aromatic rings. The summed E-state index contributed by atoms with van der Waals surface area (Å²) in [6.07, 6.45) is 0. The number of aliphatic imine (C=N–C) groups is 1. The van der Waals surface area contributed by atoms with Gasteiger partial charge >= 0.3 is 0 Å². The fourth-order valence-corrected chi connectivity index (χ4v) is 3.70. The van der Waals surface area contributed by atoms with Crippen LogP contribution in [0.3, 0.4) is 0 Å². The number of fused-ring (bicyclic) bond motifs is 2. The number of nitrogens with one attached hydrogen (secondary N) is 1. The van der Waals surface area contributed by atoms with Gasteiger partial charge in [0.2, 0.25) is 6.79 Å². The highest BCUT2D eigenvalue weighted by Gasteiger charge is 2.42. The van der Waals surface area contributed by atoms with Crippen LogP contribution in [0.4, 0.5) is 0 Å². The largest absolute Gasteiger partial charge is 0.454 e. The summed E-state index contributed by atoms with van der Waals surface area (Å²) < 4.78 is 11.0. The van der Waals surface area contributed by atoms with Crippen LogP contribution in [0, 0.1) is 6.92 Å². The van der Waals surface area contributed by atoms with Gasteiger partial charge in [-0.05, 0) is 36.8 Å². The number of benzene rings is 1. The van der Waals surface area contributed by atoms with Gasteiger partial charge in [-0.15, -0.1) is 0 Å². The Morgan fingerprint density at radius 1 is 1.17 bits per heavy atom. The third-order valence-electron chi connectivity index (χ3n) is 4.78. The summed E-state index contributed by atoms with van der Waals surface area (Å²) in [6.45, 7) is 4.06. The van der Waals surface area contributed by atoms with Crippen molar-refractivity contribution in [2.45, 2.75) is 19.0 Å². The molecular formula is C18H18N4O2. The van der Waals surface area contributed by atoms with E-state index in [1.54, 1.807) is 0 Å². The zero-order chi connectivity index (χ0) is 16.1. The summed E-state index contributed by atoms with van der Waals surface area (Å²) in [7, 11) is 0. The Morgan fingerprint density at radius 2 is 2.08 bits per heavy atom. The standard InChI is InChI=1S/C18H18N4O2/c1-11-3-2-4-13(20-11)16-17(22-8-7-19-18(22)21-16)12-5-6-14-15(9-12)24-10-23-14/h2-6,9,16-17H,7-8,10H2,1H3,(H,19,21). The lowest BCUT2D eigenvalue weighted by atomic mass is 9.96. The molecule has 6 heteroatoms. The highest BCUT2D eigenvalue weighted by Crippen LogP contribution is 2.43. The Hall–Kier alpha value is -2.76. The first-order chi connectivity index (χ1) is 11.8. The first-order valence-electron chi connectivity index (χ1n) is 8.20. The van der Waals surface area contributed by atoms with Gasteiger partial charge in [-0.25, -0.2) is 0 Å². The molecule has 1 saturated heterocycles. The van der Waals surface area contributed by atoms with E-state index in [4.69, 9.17) is 14.5 Å². The molecule has 5 rings (SSSR count). The van der Waals surface area contributed by atoms with Gasteiger partial charge in [0.1, 0.15) is 0 Å². The van der Waals surface area contributed by atoms with Gasteiger partial charge in [-0.3, -0.25) is 9.98 Å². The Morgan fingerprint density at radius 3 is 3.00 bits per heavy atom. The molecule has 0 radical (unpaired) electrons. The summed E-state index contributed by atoms with van der Waals surface area (Å²) in [6, 6.07) is 12.6. The van der Waals surface area contributed by atoms with Gasteiger partial charge in [0, 0.05) is 12.2 Å². The monoisotopic (exact) mass is 322 g/mol. The van der Waals surface area contributed by atoms with Crippen molar-refractivity contribution in [3.8, 4) is 11.5 Å². The van der Waals surface area contributed by atoms with E-state index in [0.29, 0.717) is 6.79 Å². The molecule has 1 aromatic heterocycles. The molecule has 3 aliphatic heterocycles. The van der Waals surface area contributed by atoms with Gasteiger partial charge in [-0.1, -0.05) is 12.1 Å². The second-order valence-electron chi connectivity index (χ2n) is 6.28. The normalized spacial score (nSPS) is 23.9. The second-order valence-corrected chi connectivity index (χ2v) is 6.28. The van der Waals surface area contributed by atoms with Crippen molar-refractivity contribution in [2.24, 2.45) is 4.99 Å². The molecule has 0 bridgehead atoms. The summed E-state index contributed by atoms with van der Waals surface area (Å²) >= 11 is 0. The average molecular weight is 322 g/mol. The maximum atomic E-state index is 5.56. The number of rotatable bonds is 2. The van der Waals surface area contributed by atoms with E-state index in [9.17, 15) is 0 Å². The maximum absolute atomic E-state index is 5.56. The molecule has 2 atom stereocenters. The number of ether oxygens (including phenoxy) is 2. The Labute approximate surface area is 140 Å². The van der Waals surface area contributed by atoms with E-state index in [1.165, 1.54) is 5.56 Å². The lowest BCUT2D eigenvalue weighted by Gasteiger charge is -2.26. The second kappa shape index (κ2) is 5.12. The van der Waals surface area contributed by atoms with Crippen LogP contribution in [0.15, 0.2) is 41.4 Å². The van der Waals surface area contributed by atoms with Crippen molar-refractivity contribution in [2.75, 3.05) is 19.9 Å². The SMILES string of the molecule is Cc1cccc(C2NC3=NCCN3C2c2ccc3c(c2)OCO3)n1. The summed E-state index contributed by atoms with van der Waals surface area (Å²) in [4.78, 5) is 11.6. The molecule has 0 spiro atoms. The smallest absolute Gasteiger partial charge is 0.231 e. The third-order valence-corrected chi connectivity index (χ3v) is 4.78. The van der Waals surface area contributed by atoms with Gasteiger partial charge in [0.05, 0.1) is 24.3 Å². The lowest BCUT2D eigenvalue weighted by Crippen LogP contribution is -2.27. The molecule has 6 nitrogen and oxygen atoms in total. The van der Waals surface area contributed by atoms with Crippen LogP contribution in [0.2, 0.25) is 0 Å². The molecular weight excluding hydrogens is 304 g/mol. The van der Waals surface area contributed by atoms with Crippen molar-refractivity contribution in [3.05, 3.63) is 53.3 Å². The summed E-state index contributed by atoms with van der Waals surface area (Å²) in [5.41, 5.74) is 3.25. The van der Waals surface area contributed by atoms with Crippen LogP contribution in [0.25, 0.3) is 0 Å². The van der Waals surface area contributed by atoms with Crippen LogP contribution in [-0.2, 0) is 0 Å². The van der Waals surface area contributed by atoms with Gasteiger partial charge in [0.25, 0.3) is 0 Å². The van der Waals surface area contributed by atoms with Gasteiger partial charge in [-0.2, -0.15) is 0 Å². The molecule has 122 valence electrons. The Balaban J connectivity index is 1.59. The zero-order valence-electron chi connectivity index (χ0n) is 13.4. The molecule has 0 amide bonds. The number of aromatic nitrogens is 1. The van der Waals surface area contributed by atoms with E-state index in [2.05, 4.69) is 39.5 Å². The fraction of sp³-hybridized carbons (Fsp3) is 0.333. The molecule has 2 unspecified atom stereocenters. The predicted octanol–water partition coefficient (Wildman–Crippen LogP) is 2.18. The van der Waals surface area contributed by atoms with Crippen LogP contribution in [0.5, 0.6) is 11.5 Å². The summed E-state index contributed by atoms with van der Waals surface area (Å²) in [5, 5.41) is 3.55. The van der Waals surface area contributed by atoms with Crippen molar-refractivity contribution < 1.29 is 9.47 Å². The number of guanidine groups is 1. The molecule has 1 aromatic carbocycles. The number of nitrogens with zero attached hydrogens (tertiary/aromatic N) is 3. The van der Waals surface area contributed by atoms with Crippen molar-refractivity contribution in [3.63, 3.8) is 0 Å². The number of pyridine rings is 1. The van der Waals surface area contributed by atoms with Gasteiger partial charge in [0.15, 0.2) is 17.5 Å². The van der Waals surface area contributed by atoms with Crippen LogP contribution in [-0.4, -0.2) is 35.7 Å². The van der Waals surface area contributed by atoms with E-state index >= 15 is 0 Å². The van der Waals surface area contributed by atoms with Crippen LogP contribution >= 0.6 is 0 Å². The van der Waals surface area contributed by atoms with E-state index < -0.39 is 0 Å². The molecule has 1 N–H and O–H groups in total. The maximum Gasteiger partial charge on any atom is 0.231 e. The molecule has 4 heterocycles. The van der Waals surface area contributed by atoms with Crippen molar-refractivity contribution in [1.82, 2.24) is 15.2 Å². The topological polar surface area (TPSA) is 59.0 Å². The minimum atomic E-state index is 0.0734. The Bertz CT molecular complexity index is 836. The van der Waals surface area contributed by atoms with Crippen molar-refractivity contribution in [1.29, 1.82) is 0 Å². The lowest BCUT2D eigenvalue weighted by molar-refractivity contribution is 0.174. The highest BCUT2D eigenvalue weighted by atomic mass is 16.7. The zero-order valence-corrected chi connectivity index (χ0v) is 13.4. The average Bonchev–Trinajstić information content (AvgIpc) is 3.29. The number of hydrogen-bond donors (Lipinski definition) is 1. The van der Waals surface area contributed by atoms with E-state index in [1.807, 2.05) is 19.1 Å². The first-order valence-corrected chi connectivity index (χ1v) is 8.20. The minimum absolute atomic E-state index is 0.0734. The fourth-order valence-electron chi connectivity index (χ4n) is 3.70. The van der Waals surface area contributed by atoms with E-state index in [0.717, 1.165) is 41.9 Å². The predicted molar refractivity (Wildman–Crippen MR) is 89.2 cm³/mol. The summed E-state index contributed by atoms with van der Waals surface area (Å²) in [5.74, 6) is 2.59. The molecule has 3 aliphatic rings. The Kier molecular flexibility index (Phi) is 2.92. The molecule has 0 aliphatic carbocycles. The van der Waals surface area contributed by atoms with E-state index in [-0.39, 0.29) is 12.1 Å². The molecule has 0 saturated carbocycles. The highest BCUT2D eigenvalue weighted by molar-refractivity contribution is 5.85.